The van der Waals surface area contributed by atoms with Crippen LogP contribution in [-0.4, -0.2) is 33.8 Å². The Hall–Kier alpha value is -0.550. The van der Waals surface area contributed by atoms with Gasteiger partial charge in [0.25, 0.3) is 0 Å². The van der Waals surface area contributed by atoms with E-state index in [2.05, 4.69) is 0 Å². The molecule has 1 aromatic rings. The second kappa shape index (κ2) is 6.03. The van der Waals surface area contributed by atoms with Crippen molar-refractivity contribution in [1.82, 2.24) is 0 Å². The van der Waals surface area contributed by atoms with Gasteiger partial charge in [-0.15, -0.1) is 11.8 Å². The number of hydrogen-bond acceptors (Lipinski definition) is 4. The number of thioether (sulfide) groups is 1. The molecule has 0 bridgehead atoms. The van der Waals surface area contributed by atoms with Crippen molar-refractivity contribution < 1.29 is 15.3 Å². The summed E-state index contributed by atoms with van der Waals surface area (Å²) in [6.45, 7) is -0.161. The average Bonchev–Trinajstić information content (AvgIpc) is 2.26. The molecule has 0 fully saturated rings. The highest BCUT2D eigenvalue weighted by atomic mass is 32.2. The zero-order chi connectivity index (χ0) is 10.4. The van der Waals surface area contributed by atoms with Crippen LogP contribution in [0.1, 0.15) is 5.56 Å². The third kappa shape index (κ3) is 3.67. The summed E-state index contributed by atoms with van der Waals surface area (Å²) in [4.78, 5) is 1.02. The summed E-state index contributed by atoms with van der Waals surface area (Å²) < 4.78 is 0. The van der Waals surface area contributed by atoms with E-state index >= 15 is 0 Å². The zero-order valence-corrected chi connectivity index (χ0v) is 8.57. The molecule has 3 nitrogen and oxygen atoms in total. The van der Waals surface area contributed by atoms with Gasteiger partial charge < -0.3 is 15.3 Å². The minimum atomic E-state index is -0.669. The largest absolute Gasteiger partial charge is 0.394 e. The lowest BCUT2D eigenvalue weighted by molar-refractivity contribution is 0.113. The summed E-state index contributed by atoms with van der Waals surface area (Å²) in [6, 6.07) is 7.46. The van der Waals surface area contributed by atoms with Crippen LogP contribution >= 0.6 is 11.8 Å². The van der Waals surface area contributed by atoms with Crippen molar-refractivity contribution in [3.05, 3.63) is 29.8 Å². The fourth-order valence-electron chi connectivity index (χ4n) is 0.936. The minimum absolute atomic E-state index is 0.0458. The van der Waals surface area contributed by atoms with Crippen LogP contribution in [-0.2, 0) is 6.61 Å². The minimum Gasteiger partial charge on any atom is -0.394 e. The standard InChI is InChI=1S/C10H14O3S/c11-5-8-1-3-10(4-2-8)14-7-9(13)6-12/h1-4,9,11-13H,5-7H2. The van der Waals surface area contributed by atoms with E-state index in [1.807, 2.05) is 24.3 Å². The first-order valence-electron chi connectivity index (χ1n) is 4.37. The van der Waals surface area contributed by atoms with Gasteiger partial charge in [0, 0.05) is 10.6 Å². The van der Waals surface area contributed by atoms with Crippen LogP contribution in [0.4, 0.5) is 0 Å². The van der Waals surface area contributed by atoms with Gasteiger partial charge in [0.1, 0.15) is 0 Å². The molecular formula is C10H14O3S. The number of aliphatic hydroxyl groups is 3. The molecule has 0 saturated carbocycles. The van der Waals surface area contributed by atoms with Crippen molar-refractivity contribution in [2.24, 2.45) is 0 Å². The Balaban J connectivity index is 2.43. The van der Waals surface area contributed by atoms with E-state index in [0.717, 1.165) is 10.5 Å². The van der Waals surface area contributed by atoms with Crippen LogP contribution in [0.3, 0.4) is 0 Å². The summed E-state index contributed by atoms with van der Waals surface area (Å²) >= 11 is 1.48. The smallest absolute Gasteiger partial charge is 0.0864 e. The molecule has 3 N–H and O–H groups in total. The molecular weight excluding hydrogens is 200 g/mol. The number of hydrogen-bond donors (Lipinski definition) is 3. The zero-order valence-electron chi connectivity index (χ0n) is 7.76. The highest BCUT2D eigenvalue weighted by molar-refractivity contribution is 7.99. The molecule has 0 spiro atoms. The van der Waals surface area contributed by atoms with Crippen LogP contribution in [0.25, 0.3) is 0 Å². The first-order valence-corrected chi connectivity index (χ1v) is 5.36. The maximum atomic E-state index is 9.11. The van der Waals surface area contributed by atoms with Gasteiger partial charge in [-0.05, 0) is 17.7 Å². The lowest BCUT2D eigenvalue weighted by atomic mass is 10.2. The predicted octanol–water partition coefficient (Wildman–Crippen LogP) is 0.624. The summed E-state index contributed by atoms with van der Waals surface area (Å²) in [6.07, 6.45) is -0.669. The summed E-state index contributed by atoms with van der Waals surface area (Å²) in [5.74, 6) is 0.481. The van der Waals surface area contributed by atoms with Crippen molar-refractivity contribution in [3.63, 3.8) is 0 Å². The molecule has 14 heavy (non-hydrogen) atoms. The highest BCUT2D eigenvalue weighted by Crippen LogP contribution is 2.19. The second-order valence-electron chi connectivity index (χ2n) is 2.95. The molecule has 0 saturated heterocycles. The molecule has 0 radical (unpaired) electrons. The van der Waals surface area contributed by atoms with Crippen molar-refractivity contribution in [2.75, 3.05) is 12.4 Å². The van der Waals surface area contributed by atoms with Crippen LogP contribution in [0.2, 0.25) is 0 Å². The van der Waals surface area contributed by atoms with E-state index in [4.69, 9.17) is 15.3 Å². The molecule has 0 aliphatic carbocycles. The molecule has 1 atom stereocenters. The monoisotopic (exact) mass is 214 g/mol. The molecule has 1 aromatic carbocycles. The average molecular weight is 214 g/mol. The second-order valence-corrected chi connectivity index (χ2v) is 4.04. The summed E-state index contributed by atoms with van der Waals surface area (Å²) in [5, 5.41) is 26.5. The van der Waals surface area contributed by atoms with Gasteiger partial charge in [-0.2, -0.15) is 0 Å². The van der Waals surface area contributed by atoms with Gasteiger partial charge in [0.2, 0.25) is 0 Å². The normalized spacial score (nSPS) is 12.8. The third-order valence-electron chi connectivity index (χ3n) is 1.76. The van der Waals surface area contributed by atoms with E-state index in [0.29, 0.717) is 5.75 Å². The van der Waals surface area contributed by atoms with E-state index in [1.165, 1.54) is 11.8 Å². The Bertz CT molecular complexity index is 261. The summed E-state index contributed by atoms with van der Waals surface area (Å²) in [7, 11) is 0. The molecule has 0 heterocycles. The lowest BCUT2D eigenvalue weighted by Crippen LogP contribution is -2.14. The molecule has 4 heteroatoms. The van der Waals surface area contributed by atoms with E-state index < -0.39 is 6.10 Å². The molecule has 0 aliphatic heterocycles. The topological polar surface area (TPSA) is 60.7 Å². The van der Waals surface area contributed by atoms with Crippen molar-refractivity contribution in [2.45, 2.75) is 17.6 Å². The van der Waals surface area contributed by atoms with E-state index in [1.54, 1.807) is 0 Å². The predicted molar refractivity (Wildman–Crippen MR) is 56.2 cm³/mol. The Kier molecular flexibility index (Phi) is 4.97. The number of benzene rings is 1. The summed E-state index contributed by atoms with van der Waals surface area (Å²) in [5.41, 5.74) is 0.872. The molecule has 78 valence electrons. The van der Waals surface area contributed by atoms with Gasteiger partial charge in [0.05, 0.1) is 19.3 Å². The van der Waals surface area contributed by atoms with Crippen LogP contribution in [0, 0.1) is 0 Å². The van der Waals surface area contributed by atoms with Crippen LogP contribution < -0.4 is 0 Å². The lowest BCUT2D eigenvalue weighted by Gasteiger charge is -2.06. The van der Waals surface area contributed by atoms with Crippen molar-refractivity contribution >= 4 is 11.8 Å². The Labute approximate surface area is 87.4 Å². The number of aliphatic hydroxyl groups excluding tert-OH is 3. The SMILES string of the molecule is OCc1ccc(SCC(O)CO)cc1. The van der Waals surface area contributed by atoms with E-state index in [9.17, 15) is 0 Å². The van der Waals surface area contributed by atoms with Crippen molar-refractivity contribution in [3.8, 4) is 0 Å². The maximum Gasteiger partial charge on any atom is 0.0864 e. The Morgan fingerprint density at radius 2 is 1.79 bits per heavy atom. The fraction of sp³-hybridized carbons (Fsp3) is 0.400. The van der Waals surface area contributed by atoms with E-state index in [-0.39, 0.29) is 13.2 Å². The number of rotatable bonds is 5. The van der Waals surface area contributed by atoms with Crippen LogP contribution in [0.15, 0.2) is 29.2 Å². The van der Waals surface area contributed by atoms with Gasteiger partial charge in [0.15, 0.2) is 0 Å². The Morgan fingerprint density at radius 3 is 2.29 bits per heavy atom. The maximum absolute atomic E-state index is 9.11. The molecule has 0 amide bonds. The van der Waals surface area contributed by atoms with Crippen molar-refractivity contribution in [1.29, 1.82) is 0 Å². The van der Waals surface area contributed by atoms with Gasteiger partial charge >= 0.3 is 0 Å². The molecule has 0 aliphatic rings. The molecule has 1 rings (SSSR count). The van der Waals surface area contributed by atoms with Gasteiger partial charge in [-0.25, -0.2) is 0 Å². The third-order valence-corrected chi connectivity index (χ3v) is 2.92. The molecule has 0 aromatic heterocycles. The molecule has 1 unspecified atom stereocenters. The first kappa shape index (κ1) is 11.5. The quantitative estimate of drug-likeness (QED) is 0.629. The highest BCUT2D eigenvalue weighted by Gasteiger charge is 2.02. The Morgan fingerprint density at radius 1 is 1.14 bits per heavy atom. The van der Waals surface area contributed by atoms with Gasteiger partial charge in [-0.3, -0.25) is 0 Å². The van der Waals surface area contributed by atoms with Crippen LogP contribution in [0.5, 0.6) is 0 Å². The first-order chi connectivity index (χ1) is 6.76. The fourth-order valence-corrected chi connectivity index (χ4v) is 1.75. The van der Waals surface area contributed by atoms with Gasteiger partial charge in [-0.1, -0.05) is 12.1 Å².